The van der Waals surface area contributed by atoms with E-state index in [1.54, 1.807) is 11.8 Å². The Balaban J connectivity index is 1.01. The number of ether oxygens (including phenoxy) is 1. The number of methoxy groups -OCH3 is 1. The Labute approximate surface area is 322 Å². The van der Waals surface area contributed by atoms with Crippen LogP contribution >= 0.6 is 0 Å². The van der Waals surface area contributed by atoms with Gasteiger partial charge in [-0.15, -0.1) is 0 Å². The van der Waals surface area contributed by atoms with Gasteiger partial charge in [0, 0.05) is 13.1 Å². The van der Waals surface area contributed by atoms with Crippen molar-refractivity contribution in [3.8, 4) is 33.6 Å². The number of benzene rings is 3. The maximum atomic E-state index is 14.2. The molecule has 2 aliphatic heterocycles. The monoisotopic (exact) mass is 742 g/mol. The summed E-state index contributed by atoms with van der Waals surface area (Å²) in [6, 6.07) is 25.6. The highest BCUT2D eigenvalue weighted by Gasteiger charge is 2.38. The average molecular weight is 743 g/mol. The number of H-pyrrole nitrogens is 2. The van der Waals surface area contributed by atoms with E-state index < -0.39 is 12.1 Å². The predicted molar refractivity (Wildman–Crippen MR) is 212 cm³/mol. The highest BCUT2D eigenvalue weighted by molar-refractivity contribution is 5.86. The van der Waals surface area contributed by atoms with Crippen molar-refractivity contribution in [3.63, 3.8) is 0 Å². The zero-order valence-electron chi connectivity index (χ0n) is 32.0. The molecule has 3 N–H and O–H groups in total. The molecule has 7 rings (SSSR count). The Morgan fingerprint density at radius 3 is 1.69 bits per heavy atom. The number of hydrogen-bond donors (Lipinski definition) is 3. The molecule has 2 aliphatic rings. The van der Waals surface area contributed by atoms with Gasteiger partial charge in [-0.2, -0.15) is 0 Å². The van der Waals surface area contributed by atoms with Crippen LogP contribution in [0.1, 0.15) is 81.8 Å². The van der Waals surface area contributed by atoms with Gasteiger partial charge in [-0.3, -0.25) is 14.5 Å². The Hall–Kier alpha value is -5.75. The van der Waals surface area contributed by atoms with Crippen molar-refractivity contribution in [1.82, 2.24) is 40.0 Å². The van der Waals surface area contributed by atoms with E-state index in [-0.39, 0.29) is 29.9 Å². The molecule has 4 heterocycles. The minimum Gasteiger partial charge on any atom is -0.453 e. The molecule has 12 nitrogen and oxygen atoms in total. The number of aromatic nitrogens is 4. The number of imidazole rings is 2. The third-order valence-corrected chi connectivity index (χ3v) is 11.0. The number of rotatable bonds is 12. The Kier molecular flexibility index (Phi) is 11.4. The van der Waals surface area contributed by atoms with Crippen molar-refractivity contribution < 1.29 is 19.1 Å². The average Bonchev–Trinajstić information content (AvgIpc) is 4.07. The molecule has 0 radical (unpaired) electrons. The van der Waals surface area contributed by atoms with Gasteiger partial charge in [0.2, 0.25) is 11.8 Å². The van der Waals surface area contributed by atoms with E-state index in [0.29, 0.717) is 6.54 Å². The number of carbonyl (C=O) groups is 3. The summed E-state index contributed by atoms with van der Waals surface area (Å²) in [6.45, 7) is 8.79. The number of likely N-dealkylation sites (tertiary alicyclic amines) is 2. The van der Waals surface area contributed by atoms with Gasteiger partial charge in [-0.1, -0.05) is 92.7 Å². The van der Waals surface area contributed by atoms with Gasteiger partial charge in [-0.05, 0) is 73.5 Å². The molecular formula is C43H50N8O4. The molecule has 0 saturated carbocycles. The molecule has 5 aromatic rings. The first-order chi connectivity index (χ1) is 26.8. The summed E-state index contributed by atoms with van der Waals surface area (Å²) >= 11 is 0. The summed E-state index contributed by atoms with van der Waals surface area (Å²) in [7, 11) is 1.28. The molecule has 286 valence electrons. The van der Waals surface area contributed by atoms with E-state index in [1.165, 1.54) is 7.11 Å². The maximum Gasteiger partial charge on any atom is 0.407 e. The molecule has 3 aromatic carbocycles. The van der Waals surface area contributed by atoms with Crippen LogP contribution in [0.2, 0.25) is 0 Å². The van der Waals surface area contributed by atoms with Gasteiger partial charge in [-0.25, -0.2) is 14.8 Å². The standard InChI is InChI=1S/C43H50N8O4/c1-5-49(6-2)38(33-12-8-7-9-13-33)42(53)51-25-11-15-37(51)40-45-27-35(48-40)32-22-18-30(19-23-32)29-16-20-31(21-17-29)34-26-44-39(47-34)36-14-10-24-50(36)41(52)28(3)46-43(54)55-4/h7-9,12-13,16-23,26-28,36-38H,5-6,10-11,14-15,24-25H2,1-4H3,(H,44,47)(H,45,48)(H,46,54)/t28-,36+,37+,38-/m1/s1. The summed E-state index contributed by atoms with van der Waals surface area (Å²) in [5.41, 5.74) is 7.01. The summed E-state index contributed by atoms with van der Waals surface area (Å²) in [4.78, 5) is 61.4. The lowest BCUT2D eigenvalue weighted by Crippen LogP contribution is -2.46. The topological polar surface area (TPSA) is 140 Å². The van der Waals surface area contributed by atoms with E-state index in [4.69, 9.17) is 4.98 Å². The van der Waals surface area contributed by atoms with Gasteiger partial charge in [0.1, 0.15) is 23.7 Å². The molecule has 2 saturated heterocycles. The Bertz CT molecular complexity index is 2070. The molecular weight excluding hydrogens is 693 g/mol. The van der Waals surface area contributed by atoms with E-state index in [0.717, 1.165) is 96.2 Å². The fourth-order valence-electron chi connectivity index (χ4n) is 8.06. The smallest absolute Gasteiger partial charge is 0.407 e. The van der Waals surface area contributed by atoms with Gasteiger partial charge in [0.05, 0.1) is 43.0 Å². The SMILES string of the molecule is CCN(CC)[C@@H](C(=O)N1CCC[C@H]1c1ncc(-c2ccc(-c3ccc(-c4cnc([C@@H]5CCCN5C(=O)[C@@H](C)NC(=O)OC)[nH]4)cc3)cc2)[nH]1)c1ccccc1. The van der Waals surface area contributed by atoms with Crippen LogP contribution in [0.25, 0.3) is 33.6 Å². The van der Waals surface area contributed by atoms with Gasteiger partial charge < -0.3 is 29.8 Å². The number of alkyl carbamates (subject to hydrolysis) is 1. The molecule has 0 unspecified atom stereocenters. The van der Waals surface area contributed by atoms with Crippen LogP contribution in [0, 0.1) is 0 Å². The first-order valence-electron chi connectivity index (χ1n) is 19.3. The van der Waals surface area contributed by atoms with Gasteiger partial charge >= 0.3 is 6.09 Å². The second-order valence-electron chi connectivity index (χ2n) is 14.3. The Morgan fingerprint density at radius 1 is 0.745 bits per heavy atom. The third-order valence-electron chi connectivity index (χ3n) is 11.0. The minimum absolute atomic E-state index is 0.0922. The first kappa shape index (κ1) is 37.6. The second kappa shape index (κ2) is 16.7. The van der Waals surface area contributed by atoms with Crippen molar-refractivity contribution >= 4 is 17.9 Å². The first-order valence-corrected chi connectivity index (χ1v) is 19.3. The van der Waals surface area contributed by atoms with Gasteiger partial charge in [0.25, 0.3) is 0 Å². The van der Waals surface area contributed by atoms with E-state index in [2.05, 4.69) is 104 Å². The van der Waals surface area contributed by atoms with Crippen molar-refractivity contribution in [1.29, 1.82) is 0 Å². The zero-order valence-corrected chi connectivity index (χ0v) is 32.0. The lowest BCUT2D eigenvalue weighted by Gasteiger charge is -2.34. The number of likely N-dealkylation sites (N-methyl/N-ethyl adjacent to an activating group) is 1. The van der Waals surface area contributed by atoms with Crippen LogP contribution in [0.4, 0.5) is 4.79 Å². The van der Waals surface area contributed by atoms with Crippen molar-refractivity contribution in [3.05, 3.63) is 108 Å². The highest BCUT2D eigenvalue weighted by Crippen LogP contribution is 2.36. The molecule has 2 fully saturated rings. The molecule has 0 aliphatic carbocycles. The van der Waals surface area contributed by atoms with Crippen LogP contribution in [-0.2, 0) is 14.3 Å². The lowest BCUT2D eigenvalue weighted by atomic mass is 10.0. The van der Waals surface area contributed by atoms with Crippen molar-refractivity contribution in [2.24, 2.45) is 0 Å². The molecule has 3 amide bonds. The molecule has 12 heteroatoms. The minimum atomic E-state index is -0.697. The number of nitrogens with one attached hydrogen (secondary N) is 3. The van der Waals surface area contributed by atoms with E-state index in [9.17, 15) is 14.4 Å². The van der Waals surface area contributed by atoms with Crippen molar-refractivity contribution in [2.75, 3.05) is 33.3 Å². The molecule has 4 atom stereocenters. The summed E-state index contributed by atoms with van der Waals surface area (Å²) < 4.78 is 4.66. The Morgan fingerprint density at radius 2 is 1.22 bits per heavy atom. The van der Waals surface area contributed by atoms with Crippen LogP contribution in [-0.4, -0.2) is 91.9 Å². The van der Waals surface area contributed by atoms with E-state index >= 15 is 0 Å². The zero-order chi connectivity index (χ0) is 38.5. The van der Waals surface area contributed by atoms with Gasteiger partial charge in [0.15, 0.2) is 0 Å². The molecule has 0 bridgehead atoms. The quantitative estimate of drug-likeness (QED) is 0.122. The predicted octanol–water partition coefficient (Wildman–Crippen LogP) is 7.29. The number of carbonyl (C=O) groups excluding carboxylic acids is 3. The number of hydrogen-bond acceptors (Lipinski definition) is 7. The molecule has 2 aromatic heterocycles. The number of aromatic amines is 2. The lowest BCUT2D eigenvalue weighted by molar-refractivity contribution is -0.138. The molecule has 55 heavy (non-hydrogen) atoms. The maximum absolute atomic E-state index is 14.2. The van der Waals surface area contributed by atoms with Crippen LogP contribution in [0.5, 0.6) is 0 Å². The summed E-state index contributed by atoms with van der Waals surface area (Å²) in [5, 5.41) is 2.57. The largest absolute Gasteiger partial charge is 0.453 e. The summed E-state index contributed by atoms with van der Waals surface area (Å²) in [6.07, 6.45) is 6.52. The molecule has 0 spiro atoms. The third kappa shape index (κ3) is 7.91. The number of nitrogens with zero attached hydrogens (tertiary/aromatic N) is 5. The van der Waals surface area contributed by atoms with Crippen LogP contribution in [0.15, 0.2) is 91.3 Å². The second-order valence-corrected chi connectivity index (χ2v) is 14.3. The fourth-order valence-corrected chi connectivity index (χ4v) is 8.06. The van der Waals surface area contributed by atoms with Crippen LogP contribution < -0.4 is 5.32 Å². The van der Waals surface area contributed by atoms with Crippen molar-refractivity contribution in [2.45, 2.75) is 70.6 Å². The highest BCUT2D eigenvalue weighted by atomic mass is 16.5. The fraction of sp³-hybridized carbons (Fsp3) is 0.372. The number of amides is 3. The van der Waals surface area contributed by atoms with Crippen LogP contribution in [0.3, 0.4) is 0 Å². The normalized spacial score (nSPS) is 18.1. The summed E-state index contributed by atoms with van der Waals surface area (Å²) in [5.74, 6) is 1.53. The van der Waals surface area contributed by atoms with E-state index in [1.807, 2.05) is 35.5 Å².